The van der Waals surface area contributed by atoms with Crippen molar-refractivity contribution in [3.63, 3.8) is 0 Å². The van der Waals surface area contributed by atoms with Crippen LogP contribution in [0.3, 0.4) is 0 Å². The number of aryl methyl sites for hydroxylation is 2. The Morgan fingerprint density at radius 2 is 1.95 bits per heavy atom. The Bertz CT molecular complexity index is 466. The highest BCUT2D eigenvalue weighted by atomic mass is 32.2. The standard InChI is InChI=1S/C17H26N2S/c1-6-10-20-11-8-7-9-19(5)17-13-15(3)14(2)12-16(17)18-4/h6,10,12-13H,4,7-9,11H2,1-3,5H3/b10-6+. The first kappa shape index (κ1) is 16.8. The van der Waals surface area contributed by atoms with Crippen LogP contribution >= 0.6 is 11.8 Å². The van der Waals surface area contributed by atoms with Gasteiger partial charge in [0.15, 0.2) is 0 Å². The third kappa shape index (κ3) is 5.04. The van der Waals surface area contributed by atoms with Gasteiger partial charge in [0, 0.05) is 13.6 Å². The molecule has 2 nitrogen and oxygen atoms in total. The highest BCUT2D eigenvalue weighted by Gasteiger charge is 2.08. The van der Waals surface area contributed by atoms with Crippen LogP contribution in [0.1, 0.15) is 30.9 Å². The van der Waals surface area contributed by atoms with Gasteiger partial charge in [0.1, 0.15) is 0 Å². The minimum Gasteiger partial charge on any atom is -0.373 e. The van der Waals surface area contributed by atoms with Crippen LogP contribution in [0.5, 0.6) is 0 Å². The second-order valence-electron chi connectivity index (χ2n) is 5.05. The lowest BCUT2D eigenvalue weighted by molar-refractivity contribution is 0.773. The van der Waals surface area contributed by atoms with Gasteiger partial charge in [-0.05, 0) is 74.8 Å². The first-order chi connectivity index (χ1) is 9.60. The van der Waals surface area contributed by atoms with Gasteiger partial charge >= 0.3 is 0 Å². The summed E-state index contributed by atoms with van der Waals surface area (Å²) in [6, 6.07) is 4.34. The Morgan fingerprint density at radius 1 is 1.25 bits per heavy atom. The van der Waals surface area contributed by atoms with Gasteiger partial charge in [0.2, 0.25) is 0 Å². The predicted octanol–water partition coefficient (Wildman–Crippen LogP) is 5.12. The summed E-state index contributed by atoms with van der Waals surface area (Å²) in [5.41, 5.74) is 4.75. The lowest BCUT2D eigenvalue weighted by atomic mass is 10.1. The van der Waals surface area contributed by atoms with E-state index in [0.29, 0.717) is 0 Å². The van der Waals surface area contributed by atoms with Crippen molar-refractivity contribution in [3.8, 4) is 0 Å². The average molecular weight is 290 g/mol. The summed E-state index contributed by atoms with van der Waals surface area (Å²) < 4.78 is 0. The normalized spacial score (nSPS) is 11.0. The van der Waals surface area contributed by atoms with E-state index in [1.54, 1.807) is 0 Å². The summed E-state index contributed by atoms with van der Waals surface area (Å²) in [6.45, 7) is 11.1. The molecule has 0 atom stereocenters. The molecular formula is C17H26N2S. The molecule has 20 heavy (non-hydrogen) atoms. The third-order valence-corrected chi connectivity index (χ3v) is 4.40. The van der Waals surface area contributed by atoms with Crippen molar-refractivity contribution in [2.45, 2.75) is 33.6 Å². The van der Waals surface area contributed by atoms with Crippen molar-refractivity contribution in [2.75, 3.05) is 24.2 Å². The van der Waals surface area contributed by atoms with E-state index in [1.165, 1.54) is 35.4 Å². The number of benzene rings is 1. The van der Waals surface area contributed by atoms with Crippen LogP contribution < -0.4 is 4.90 Å². The molecule has 1 aromatic rings. The minimum absolute atomic E-state index is 0.985. The van der Waals surface area contributed by atoms with Gasteiger partial charge < -0.3 is 4.90 Å². The van der Waals surface area contributed by atoms with Crippen molar-refractivity contribution in [2.24, 2.45) is 4.99 Å². The number of anilines is 1. The summed E-state index contributed by atoms with van der Waals surface area (Å²) in [5, 5.41) is 2.16. The summed E-state index contributed by atoms with van der Waals surface area (Å²) in [5.74, 6) is 1.19. The highest BCUT2D eigenvalue weighted by molar-refractivity contribution is 8.02. The zero-order valence-corrected chi connectivity index (χ0v) is 14.0. The zero-order chi connectivity index (χ0) is 15.0. The molecule has 0 heterocycles. The number of allylic oxidation sites excluding steroid dienone is 1. The van der Waals surface area contributed by atoms with Crippen LogP contribution in [0.4, 0.5) is 11.4 Å². The summed E-state index contributed by atoms with van der Waals surface area (Å²) >= 11 is 1.89. The molecular weight excluding hydrogens is 264 g/mol. The van der Waals surface area contributed by atoms with E-state index < -0.39 is 0 Å². The molecule has 0 N–H and O–H groups in total. The Labute approximate surface area is 128 Å². The van der Waals surface area contributed by atoms with Crippen molar-refractivity contribution >= 4 is 29.9 Å². The molecule has 0 amide bonds. The van der Waals surface area contributed by atoms with Gasteiger partial charge in [0.05, 0.1) is 11.4 Å². The van der Waals surface area contributed by atoms with Gasteiger partial charge in [-0.25, -0.2) is 0 Å². The summed E-state index contributed by atoms with van der Waals surface area (Å²) in [6.07, 6.45) is 4.53. The number of hydrogen-bond acceptors (Lipinski definition) is 3. The lowest BCUT2D eigenvalue weighted by Gasteiger charge is -2.22. The molecule has 0 aliphatic heterocycles. The van der Waals surface area contributed by atoms with E-state index >= 15 is 0 Å². The molecule has 0 aliphatic carbocycles. The predicted molar refractivity (Wildman–Crippen MR) is 94.9 cm³/mol. The Morgan fingerprint density at radius 3 is 2.60 bits per heavy atom. The van der Waals surface area contributed by atoms with Crippen LogP contribution in [0.15, 0.2) is 28.6 Å². The number of unbranched alkanes of at least 4 members (excludes halogenated alkanes) is 1. The van der Waals surface area contributed by atoms with Crippen molar-refractivity contribution < 1.29 is 0 Å². The minimum atomic E-state index is 0.985. The number of rotatable bonds is 8. The molecule has 0 aliphatic rings. The third-order valence-electron chi connectivity index (χ3n) is 3.41. The number of nitrogens with zero attached hydrogens (tertiary/aromatic N) is 2. The van der Waals surface area contributed by atoms with Crippen LogP contribution in [0.2, 0.25) is 0 Å². The van der Waals surface area contributed by atoms with Gasteiger partial charge in [-0.2, -0.15) is 0 Å². The smallest absolute Gasteiger partial charge is 0.0858 e. The summed E-state index contributed by atoms with van der Waals surface area (Å²) in [4.78, 5) is 6.45. The Kier molecular flexibility index (Phi) is 7.45. The molecule has 0 saturated heterocycles. The maximum Gasteiger partial charge on any atom is 0.0858 e. The van der Waals surface area contributed by atoms with Crippen molar-refractivity contribution in [3.05, 3.63) is 34.7 Å². The largest absolute Gasteiger partial charge is 0.373 e. The van der Waals surface area contributed by atoms with Gasteiger partial charge in [-0.3, -0.25) is 4.99 Å². The fourth-order valence-corrected chi connectivity index (χ4v) is 2.74. The number of hydrogen-bond donors (Lipinski definition) is 0. The maximum atomic E-state index is 4.16. The van der Waals surface area contributed by atoms with E-state index in [1.807, 2.05) is 11.8 Å². The molecule has 0 fully saturated rings. The number of thioether (sulfide) groups is 1. The van der Waals surface area contributed by atoms with E-state index in [-0.39, 0.29) is 0 Å². The highest BCUT2D eigenvalue weighted by Crippen LogP contribution is 2.31. The molecule has 3 heteroatoms. The van der Waals surface area contributed by atoms with Crippen molar-refractivity contribution in [1.82, 2.24) is 0 Å². The van der Waals surface area contributed by atoms with Gasteiger partial charge in [-0.15, -0.1) is 11.8 Å². The molecule has 0 aromatic heterocycles. The molecule has 0 bridgehead atoms. The SMILES string of the molecule is C=Nc1cc(C)c(C)cc1N(C)CCCCS/C=C/C. The quantitative estimate of drug-likeness (QED) is 0.488. The maximum absolute atomic E-state index is 4.16. The molecule has 0 saturated carbocycles. The molecule has 1 rings (SSSR count). The van der Waals surface area contributed by atoms with Gasteiger partial charge in [0.25, 0.3) is 0 Å². The van der Waals surface area contributed by atoms with Crippen LogP contribution in [0.25, 0.3) is 0 Å². The van der Waals surface area contributed by atoms with Crippen LogP contribution in [-0.4, -0.2) is 26.1 Å². The van der Waals surface area contributed by atoms with E-state index in [4.69, 9.17) is 0 Å². The molecule has 0 spiro atoms. The number of aliphatic imine (C=N–C) groups is 1. The van der Waals surface area contributed by atoms with E-state index in [9.17, 15) is 0 Å². The average Bonchev–Trinajstić information content (AvgIpc) is 2.44. The fourth-order valence-electron chi connectivity index (χ4n) is 2.04. The first-order valence-corrected chi connectivity index (χ1v) is 8.17. The van der Waals surface area contributed by atoms with Crippen LogP contribution in [0, 0.1) is 13.8 Å². The molecule has 0 radical (unpaired) electrons. The lowest BCUT2D eigenvalue weighted by Crippen LogP contribution is -2.19. The summed E-state index contributed by atoms with van der Waals surface area (Å²) in [7, 11) is 2.14. The monoisotopic (exact) mass is 290 g/mol. The molecule has 0 unspecified atom stereocenters. The van der Waals surface area contributed by atoms with Crippen LogP contribution in [-0.2, 0) is 0 Å². The second-order valence-corrected chi connectivity index (χ2v) is 6.07. The zero-order valence-electron chi connectivity index (χ0n) is 13.1. The molecule has 110 valence electrons. The second kappa shape index (κ2) is 8.85. The Hall–Kier alpha value is -1.22. The molecule has 1 aromatic carbocycles. The van der Waals surface area contributed by atoms with E-state index in [0.717, 1.165) is 12.2 Å². The topological polar surface area (TPSA) is 15.6 Å². The van der Waals surface area contributed by atoms with Gasteiger partial charge in [-0.1, -0.05) is 6.08 Å². The first-order valence-electron chi connectivity index (χ1n) is 7.12. The van der Waals surface area contributed by atoms with E-state index in [2.05, 4.69) is 68.0 Å². The van der Waals surface area contributed by atoms with Crippen molar-refractivity contribution in [1.29, 1.82) is 0 Å². The fraction of sp³-hybridized carbons (Fsp3) is 0.471. The Balaban J connectivity index is 2.56.